The maximum Gasteiger partial charge on any atom is 0.265 e. The molecule has 2 aromatic rings. The molecule has 29 heavy (non-hydrogen) atoms. The van der Waals surface area contributed by atoms with Crippen LogP contribution in [-0.4, -0.2) is 42.8 Å². The number of ether oxygens (including phenoxy) is 2. The number of benzene rings is 2. The van der Waals surface area contributed by atoms with Gasteiger partial charge in [0.25, 0.3) is 10.0 Å². The fourth-order valence-corrected chi connectivity index (χ4v) is 6.03. The van der Waals surface area contributed by atoms with Crippen molar-refractivity contribution in [2.75, 3.05) is 35.0 Å². The highest BCUT2D eigenvalue weighted by Crippen LogP contribution is 2.34. The summed E-state index contributed by atoms with van der Waals surface area (Å²) >= 11 is 0. The molecule has 2 aromatic carbocycles. The van der Waals surface area contributed by atoms with Gasteiger partial charge in [-0.2, -0.15) is 0 Å². The van der Waals surface area contributed by atoms with Crippen LogP contribution in [0.15, 0.2) is 47.4 Å². The summed E-state index contributed by atoms with van der Waals surface area (Å²) in [5, 5.41) is 0. The minimum absolute atomic E-state index is 0.0428. The molecule has 0 bridgehead atoms. The van der Waals surface area contributed by atoms with Gasteiger partial charge in [-0.1, -0.05) is 12.1 Å². The molecule has 0 spiro atoms. The van der Waals surface area contributed by atoms with Gasteiger partial charge in [0.2, 0.25) is 10.0 Å². The van der Waals surface area contributed by atoms with Gasteiger partial charge >= 0.3 is 0 Å². The van der Waals surface area contributed by atoms with Crippen LogP contribution in [0.3, 0.4) is 0 Å². The van der Waals surface area contributed by atoms with Crippen LogP contribution in [0.4, 0.5) is 11.4 Å². The number of hydrogen-bond donors (Lipinski definition) is 1. The summed E-state index contributed by atoms with van der Waals surface area (Å²) in [4.78, 5) is -0.149. The second-order valence-corrected chi connectivity index (χ2v) is 10.1. The molecular weight excluding hydrogens is 416 g/mol. The van der Waals surface area contributed by atoms with Gasteiger partial charge in [-0.3, -0.25) is 9.03 Å². The molecule has 0 aromatic heterocycles. The van der Waals surface area contributed by atoms with Gasteiger partial charge < -0.3 is 9.47 Å². The first kappa shape index (κ1) is 21.3. The van der Waals surface area contributed by atoms with Crippen molar-refractivity contribution < 1.29 is 26.3 Å². The van der Waals surface area contributed by atoms with Gasteiger partial charge in [0.1, 0.15) is 16.4 Å². The van der Waals surface area contributed by atoms with E-state index in [-0.39, 0.29) is 22.1 Å². The number of para-hydroxylation sites is 2. The number of sulfonamides is 2. The molecular formula is C19H24N2O6S2. The third-order valence-corrected chi connectivity index (χ3v) is 7.76. The van der Waals surface area contributed by atoms with Gasteiger partial charge in [0, 0.05) is 6.54 Å². The molecule has 1 aliphatic rings. The molecule has 1 saturated heterocycles. The molecule has 158 valence electrons. The van der Waals surface area contributed by atoms with Crippen molar-refractivity contribution in [3.63, 3.8) is 0 Å². The van der Waals surface area contributed by atoms with Crippen LogP contribution in [0.2, 0.25) is 0 Å². The lowest BCUT2D eigenvalue weighted by molar-refractivity contribution is 0.342. The fraction of sp³-hybridized carbons (Fsp3) is 0.368. The highest BCUT2D eigenvalue weighted by atomic mass is 32.2. The van der Waals surface area contributed by atoms with E-state index < -0.39 is 20.0 Å². The van der Waals surface area contributed by atoms with E-state index in [2.05, 4.69) is 4.72 Å². The van der Waals surface area contributed by atoms with Crippen LogP contribution < -0.4 is 18.5 Å². The summed E-state index contributed by atoms with van der Waals surface area (Å²) in [6, 6.07) is 11.0. The Bertz CT molecular complexity index is 1080. The topological polar surface area (TPSA) is 102 Å². The second kappa shape index (κ2) is 8.50. The molecule has 1 N–H and O–H groups in total. The van der Waals surface area contributed by atoms with Crippen molar-refractivity contribution in [1.29, 1.82) is 0 Å². The summed E-state index contributed by atoms with van der Waals surface area (Å²) in [5.74, 6) is 0.554. The molecule has 1 aliphatic heterocycles. The molecule has 0 atom stereocenters. The highest BCUT2D eigenvalue weighted by molar-refractivity contribution is 7.93. The van der Waals surface area contributed by atoms with Crippen LogP contribution >= 0.6 is 0 Å². The number of nitrogens with one attached hydrogen (secondary N) is 1. The Balaban J connectivity index is 2.02. The van der Waals surface area contributed by atoms with E-state index in [1.54, 1.807) is 37.3 Å². The molecule has 8 nitrogen and oxygen atoms in total. The van der Waals surface area contributed by atoms with Crippen LogP contribution in [0, 0.1) is 0 Å². The first-order chi connectivity index (χ1) is 13.8. The van der Waals surface area contributed by atoms with E-state index in [1.165, 1.54) is 23.5 Å². The molecule has 0 amide bonds. The van der Waals surface area contributed by atoms with Crippen molar-refractivity contribution in [2.24, 2.45) is 0 Å². The van der Waals surface area contributed by atoms with Crippen LogP contribution in [0.1, 0.15) is 19.8 Å². The normalized spacial score (nSPS) is 16.3. The van der Waals surface area contributed by atoms with Gasteiger partial charge in [-0.15, -0.1) is 0 Å². The Morgan fingerprint density at radius 3 is 2.55 bits per heavy atom. The maximum absolute atomic E-state index is 13.1. The Morgan fingerprint density at radius 2 is 1.86 bits per heavy atom. The first-order valence-electron chi connectivity index (χ1n) is 9.21. The Morgan fingerprint density at radius 1 is 1.10 bits per heavy atom. The lowest BCUT2D eigenvalue weighted by Crippen LogP contribution is -2.37. The van der Waals surface area contributed by atoms with Gasteiger partial charge in [0.15, 0.2) is 0 Å². The standard InChI is InChI=1S/C19H24N2O6S2/c1-3-27-17-9-5-4-8-16(17)20-29(24,25)19-14-15(10-11-18(19)26-2)21-12-6-7-13-28(21,22)23/h4-5,8-11,14,20H,3,6-7,12-13H2,1-2H3. The molecule has 10 heteroatoms. The lowest BCUT2D eigenvalue weighted by Gasteiger charge is -2.28. The van der Waals surface area contributed by atoms with Crippen molar-refractivity contribution in [1.82, 2.24) is 0 Å². The molecule has 0 aliphatic carbocycles. The zero-order valence-corrected chi connectivity index (χ0v) is 17.9. The second-order valence-electron chi connectivity index (χ2n) is 6.47. The van der Waals surface area contributed by atoms with Gasteiger partial charge in [-0.05, 0) is 50.1 Å². The third-order valence-electron chi connectivity index (χ3n) is 4.51. The van der Waals surface area contributed by atoms with E-state index in [9.17, 15) is 16.8 Å². The number of anilines is 2. The zero-order chi connectivity index (χ0) is 21.1. The molecule has 1 heterocycles. The average molecular weight is 441 g/mol. The van der Waals surface area contributed by atoms with E-state index in [4.69, 9.17) is 9.47 Å². The van der Waals surface area contributed by atoms with Crippen molar-refractivity contribution in [2.45, 2.75) is 24.7 Å². The van der Waals surface area contributed by atoms with Crippen LogP contribution in [-0.2, 0) is 20.0 Å². The van der Waals surface area contributed by atoms with Crippen molar-refractivity contribution >= 4 is 31.4 Å². The fourth-order valence-electron chi connectivity index (χ4n) is 3.14. The summed E-state index contributed by atoms with van der Waals surface area (Å²) in [6.07, 6.45) is 1.31. The first-order valence-corrected chi connectivity index (χ1v) is 12.3. The Hall–Kier alpha value is -2.46. The van der Waals surface area contributed by atoms with Crippen molar-refractivity contribution in [3.05, 3.63) is 42.5 Å². The number of hydrogen-bond acceptors (Lipinski definition) is 6. The predicted molar refractivity (Wildman–Crippen MR) is 112 cm³/mol. The number of nitrogens with zero attached hydrogens (tertiary/aromatic N) is 1. The van der Waals surface area contributed by atoms with Crippen molar-refractivity contribution in [3.8, 4) is 11.5 Å². The predicted octanol–water partition coefficient (Wildman–Crippen LogP) is 2.82. The number of rotatable bonds is 7. The monoisotopic (exact) mass is 440 g/mol. The quantitative estimate of drug-likeness (QED) is 0.710. The third kappa shape index (κ3) is 4.59. The maximum atomic E-state index is 13.1. The Kier molecular flexibility index (Phi) is 6.23. The van der Waals surface area contributed by atoms with E-state index >= 15 is 0 Å². The molecule has 3 rings (SSSR count). The smallest absolute Gasteiger partial charge is 0.265 e. The minimum Gasteiger partial charge on any atom is -0.495 e. The lowest BCUT2D eigenvalue weighted by atomic mass is 10.2. The van der Waals surface area contributed by atoms with Crippen LogP contribution in [0.5, 0.6) is 11.5 Å². The Labute approximate surface area is 171 Å². The van der Waals surface area contributed by atoms with E-state index in [0.717, 1.165) is 0 Å². The highest BCUT2D eigenvalue weighted by Gasteiger charge is 2.29. The number of methoxy groups -OCH3 is 1. The van der Waals surface area contributed by atoms with Crippen LogP contribution in [0.25, 0.3) is 0 Å². The molecule has 0 saturated carbocycles. The molecule has 0 radical (unpaired) electrons. The molecule has 0 unspecified atom stereocenters. The summed E-state index contributed by atoms with van der Waals surface area (Å²) in [7, 11) is -6.18. The zero-order valence-electron chi connectivity index (χ0n) is 16.3. The average Bonchev–Trinajstić information content (AvgIpc) is 2.69. The summed E-state index contributed by atoms with van der Waals surface area (Å²) < 4.78 is 65.5. The molecule has 1 fully saturated rings. The van der Waals surface area contributed by atoms with Gasteiger partial charge in [-0.25, -0.2) is 16.8 Å². The summed E-state index contributed by atoms with van der Waals surface area (Å²) in [5.41, 5.74) is 0.580. The van der Waals surface area contributed by atoms with E-state index in [1.807, 2.05) is 0 Å². The minimum atomic E-state index is -4.07. The summed E-state index contributed by atoms with van der Waals surface area (Å²) in [6.45, 7) is 2.50. The van der Waals surface area contributed by atoms with E-state index in [0.29, 0.717) is 37.4 Å². The SMILES string of the molecule is CCOc1ccccc1NS(=O)(=O)c1cc(N2CCCCS2(=O)=O)ccc1OC. The van der Waals surface area contributed by atoms with Gasteiger partial charge in [0.05, 0.1) is 30.8 Å². The largest absolute Gasteiger partial charge is 0.495 e.